The van der Waals surface area contributed by atoms with Crippen molar-refractivity contribution in [2.75, 3.05) is 26.2 Å². The van der Waals surface area contributed by atoms with Crippen LogP contribution in [0.3, 0.4) is 0 Å². The van der Waals surface area contributed by atoms with Crippen LogP contribution in [0, 0.1) is 11.3 Å². The second kappa shape index (κ2) is 6.81. The van der Waals surface area contributed by atoms with E-state index in [0.717, 1.165) is 0 Å². The van der Waals surface area contributed by atoms with E-state index in [9.17, 15) is 9.59 Å². The number of aromatic nitrogens is 1. The van der Waals surface area contributed by atoms with E-state index in [1.54, 1.807) is 6.07 Å². The molecule has 0 bridgehead atoms. The van der Waals surface area contributed by atoms with Gasteiger partial charge in [0.2, 0.25) is 5.91 Å². The van der Waals surface area contributed by atoms with Crippen LogP contribution in [0.2, 0.25) is 0 Å². The predicted molar refractivity (Wildman–Crippen MR) is 75.3 cm³/mol. The zero-order valence-electron chi connectivity index (χ0n) is 11.8. The SMILES string of the molecule is CCNC(=O)C1CNCCN1C(=O)c1ccc(C#N)cn1. The van der Waals surface area contributed by atoms with E-state index in [2.05, 4.69) is 15.6 Å². The zero-order valence-corrected chi connectivity index (χ0v) is 11.8. The van der Waals surface area contributed by atoms with Gasteiger partial charge in [-0.3, -0.25) is 9.59 Å². The van der Waals surface area contributed by atoms with Gasteiger partial charge in [-0.15, -0.1) is 0 Å². The summed E-state index contributed by atoms with van der Waals surface area (Å²) in [6, 6.07) is 4.47. The molecule has 1 saturated heterocycles. The summed E-state index contributed by atoms with van der Waals surface area (Å²) in [5.74, 6) is -0.469. The van der Waals surface area contributed by atoms with Crippen molar-refractivity contribution in [2.24, 2.45) is 0 Å². The fourth-order valence-electron chi connectivity index (χ4n) is 2.21. The summed E-state index contributed by atoms with van der Waals surface area (Å²) in [6.07, 6.45) is 1.36. The third kappa shape index (κ3) is 3.35. The number of piperazine rings is 1. The Hall–Kier alpha value is -2.46. The minimum Gasteiger partial charge on any atom is -0.355 e. The molecule has 0 spiro atoms. The van der Waals surface area contributed by atoms with Crippen LogP contribution in [-0.2, 0) is 4.79 Å². The van der Waals surface area contributed by atoms with E-state index in [1.165, 1.54) is 17.2 Å². The van der Waals surface area contributed by atoms with E-state index >= 15 is 0 Å². The van der Waals surface area contributed by atoms with Crippen molar-refractivity contribution in [2.45, 2.75) is 13.0 Å². The van der Waals surface area contributed by atoms with E-state index < -0.39 is 6.04 Å². The normalized spacial score (nSPS) is 17.9. The van der Waals surface area contributed by atoms with Crippen LogP contribution < -0.4 is 10.6 Å². The molecule has 2 rings (SSSR count). The third-order valence-corrected chi connectivity index (χ3v) is 3.27. The molecule has 7 nitrogen and oxygen atoms in total. The molecule has 2 N–H and O–H groups in total. The molecule has 1 atom stereocenters. The maximum atomic E-state index is 12.5. The summed E-state index contributed by atoms with van der Waals surface area (Å²) in [4.78, 5) is 30.0. The molecule has 110 valence electrons. The fraction of sp³-hybridized carbons (Fsp3) is 0.429. The molecular formula is C14H17N5O2. The first kappa shape index (κ1) is 14.9. The van der Waals surface area contributed by atoms with Gasteiger partial charge < -0.3 is 15.5 Å². The highest BCUT2D eigenvalue weighted by Gasteiger charge is 2.32. The van der Waals surface area contributed by atoms with Crippen LogP contribution in [-0.4, -0.2) is 53.9 Å². The molecule has 2 heterocycles. The number of pyridine rings is 1. The van der Waals surface area contributed by atoms with Crippen molar-refractivity contribution < 1.29 is 9.59 Å². The quantitative estimate of drug-likeness (QED) is 0.781. The number of nitriles is 1. The molecule has 1 aliphatic heterocycles. The molecule has 1 aromatic rings. The second-order valence-electron chi connectivity index (χ2n) is 4.66. The first-order valence-corrected chi connectivity index (χ1v) is 6.83. The van der Waals surface area contributed by atoms with Crippen molar-refractivity contribution in [1.29, 1.82) is 5.26 Å². The van der Waals surface area contributed by atoms with Crippen molar-refractivity contribution in [1.82, 2.24) is 20.5 Å². The maximum Gasteiger partial charge on any atom is 0.273 e. The number of hydrogen-bond donors (Lipinski definition) is 2. The Morgan fingerprint density at radius 2 is 2.38 bits per heavy atom. The summed E-state index contributed by atoms with van der Waals surface area (Å²) in [5, 5.41) is 14.6. The lowest BCUT2D eigenvalue weighted by Crippen LogP contribution is -2.59. The zero-order chi connectivity index (χ0) is 15.2. The Morgan fingerprint density at radius 3 is 3.00 bits per heavy atom. The van der Waals surface area contributed by atoms with Gasteiger partial charge in [0.15, 0.2) is 0 Å². The monoisotopic (exact) mass is 287 g/mol. The molecular weight excluding hydrogens is 270 g/mol. The lowest BCUT2D eigenvalue weighted by Gasteiger charge is -2.34. The van der Waals surface area contributed by atoms with Gasteiger partial charge in [-0.1, -0.05) is 0 Å². The number of carbonyl (C=O) groups excluding carboxylic acids is 2. The van der Waals surface area contributed by atoms with Crippen molar-refractivity contribution in [3.63, 3.8) is 0 Å². The lowest BCUT2D eigenvalue weighted by molar-refractivity contribution is -0.126. The van der Waals surface area contributed by atoms with Gasteiger partial charge in [0.05, 0.1) is 5.56 Å². The van der Waals surface area contributed by atoms with Gasteiger partial charge in [-0.05, 0) is 19.1 Å². The number of likely N-dealkylation sites (N-methyl/N-ethyl adjacent to an activating group) is 1. The Labute approximate surface area is 123 Å². The summed E-state index contributed by atoms with van der Waals surface area (Å²) in [6.45, 7) is 3.86. The van der Waals surface area contributed by atoms with Crippen LogP contribution in [0.25, 0.3) is 0 Å². The van der Waals surface area contributed by atoms with E-state index in [-0.39, 0.29) is 17.5 Å². The first-order chi connectivity index (χ1) is 10.2. The molecule has 1 fully saturated rings. The highest BCUT2D eigenvalue weighted by atomic mass is 16.2. The number of amides is 2. The Morgan fingerprint density at radius 1 is 1.57 bits per heavy atom. The van der Waals surface area contributed by atoms with Gasteiger partial charge in [-0.2, -0.15) is 5.26 Å². The minimum absolute atomic E-state index is 0.174. The average molecular weight is 287 g/mol. The van der Waals surface area contributed by atoms with Gasteiger partial charge >= 0.3 is 0 Å². The van der Waals surface area contributed by atoms with Crippen molar-refractivity contribution in [3.05, 3.63) is 29.6 Å². The summed E-state index contributed by atoms with van der Waals surface area (Å²) < 4.78 is 0. The van der Waals surface area contributed by atoms with Gasteiger partial charge in [0, 0.05) is 32.4 Å². The third-order valence-electron chi connectivity index (χ3n) is 3.27. The molecule has 0 aromatic carbocycles. The molecule has 1 aliphatic rings. The topological polar surface area (TPSA) is 98.1 Å². The van der Waals surface area contributed by atoms with Gasteiger partial charge in [-0.25, -0.2) is 4.98 Å². The molecule has 21 heavy (non-hydrogen) atoms. The Bertz CT molecular complexity index is 564. The highest BCUT2D eigenvalue weighted by Crippen LogP contribution is 2.10. The second-order valence-corrected chi connectivity index (χ2v) is 4.66. The molecule has 0 radical (unpaired) electrons. The number of carbonyl (C=O) groups is 2. The molecule has 2 amide bonds. The number of nitrogens with one attached hydrogen (secondary N) is 2. The molecule has 0 saturated carbocycles. The Kier molecular flexibility index (Phi) is 4.85. The van der Waals surface area contributed by atoms with Crippen LogP contribution >= 0.6 is 0 Å². The van der Waals surface area contributed by atoms with Gasteiger partial charge in [0.25, 0.3) is 5.91 Å². The number of hydrogen-bond acceptors (Lipinski definition) is 5. The lowest BCUT2D eigenvalue weighted by atomic mass is 10.1. The minimum atomic E-state index is -0.538. The van der Waals surface area contributed by atoms with E-state index in [1.807, 2.05) is 13.0 Å². The maximum absolute atomic E-state index is 12.5. The molecule has 0 aliphatic carbocycles. The summed E-state index contributed by atoms with van der Waals surface area (Å²) in [7, 11) is 0. The largest absolute Gasteiger partial charge is 0.355 e. The van der Waals surface area contributed by atoms with Crippen LogP contribution in [0.4, 0.5) is 0 Å². The Balaban J connectivity index is 2.18. The number of rotatable bonds is 3. The van der Waals surface area contributed by atoms with Crippen LogP contribution in [0.15, 0.2) is 18.3 Å². The van der Waals surface area contributed by atoms with E-state index in [4.69, 9.17) is 5.26 Å². The van der Waals surface area contributed by atoms with Crippen molar-refractivity contribution >= 4 is 11.8 Å². The summed E-state index contributed by atoms with van der Waals surface area (Å²) >= 11 is 0. The number of nitrogens with zero attached hydrogens (tertiary/aromatic N) is 3. The highest BCUT2D eigenvalue weighted by molar-refractivity contribution is 5.96. The molecule has 1 unspecified atom stereocenters. The van der Waals surface area contributed by atoms with Gasteiger partial charge in [0.1, 0.15) is 17.8 Å². The van der Waals surface area contributed by atoms with E-state index in [0.29, 0.717) is 31.7 Å². The fourth-order valence-corrected chi connectivity index (χ4v) is 2.21. The van der Waals surface area contributed by atoms with Crippen molar-refractivity contribution in [3.8, 4) is 6.07 Å². The predicted octanol–water partition coefficient (Wildman–Crippen LogP) is -0.497. The summed E-state index contributed by atoms with van der Waals surface area (Å²) in [5.41, 5.74) is 0.636. The standard InChI is InChI=1S/C14H17N5O2/c1-2-17-13(20)12-9-16-5-6-19(12)14(21)11-4-3-10(7-15)8-18-11/h3-4,8,12,16H,2,5-6,9H2,1H3,(H,17,20). The molecule has 7 heteroatoms. The van der Waals surface area contributed by atoms with Crippen LogP contribution in [0.5, 0.6) is 0 Å². The first-order valence-electron chi connectivity index (χ1n) is 6.83. The molecule has 1 aromatic heterocycles. The smallest absolute Gasteiger partial charge is 0.273 e. The van der Waals surface area contributed by atoms with Crippen LogP contribution in [0.1, 0.15) is 23.0 Å². The average Bonchev–Trinajstić information content (AvgIpc) is 2.54.